The van der Waals surface area contributed by atoms with Gasteiger partial charge in [0.15, 0.2) is 0 Å². The molecule has 0 aromatic carbocycles. The lowest BCUT2D eigenvalue weighted by atomic mass is 10.0. The fourth-order valence-electron chi connectivity index (χ4n) is 0.868. The molecule has 0 rings (SSSR count). The molecule has 0 saturated carbocycles. The molecule has 0 saturated heterocycles. The first kappa shape index (κ1) is 13.3. The quantitative estimate of drug-likeness (QED) is 0.287. The molecule has 0 aliphatic rings. The summed E-state index contributed by atoms with van der Waals surface area (Å²) in [7, 11) is 0. The fourth-order valence-corrected chi connectivity index (χ4v) is 0.868. The first-order valence-electron chi connectivity index (χ1n) is 4.14. The summed E-state index contributed by atoms with van der Waals surface area (Å²) in [5.74, 6) is -0.512. The van der Waals surface area contributed by atoms with Crippen LogP contribution in [0.1, 0.15) is 6.92 Å². The summed E-state index contributed by atoms with van der Waals surface area (Å²) in [4.78, 5) is 0. The van der Waals surface area contributed by atoms with Crippen molar-refractivity contribution in [2.75, 3.05) is 6.61 Å². The zero-order valence-corrected chi connectivity index (χ0v) is 7.78. The fraction of sp³-hybridized carbons (Fsp3) is 0.750. The molecule has 14 heavy (non-hydrogen) atoms. The third-order valence-corrected chi connectivity index (χ3v) is 1.85. The zero-order chi connectivity index (χ0) is 11.3. The average Bonchev–Trinajstić information content (AvgIpc) is 2.23. The molecule has 84 valence electrons. The van der Waals surface area contributed by atoms with Gasteiger partial charge in [-0.05, 0) is 13.0 Å². The molecule has 0 aliphatic heterocycles. The molecule has 6 heteroatoms. The van der Waals surface area contributed by atoms with Gasteiger partial charge in [0, 0.05) is 0 Å². The largest absolute Gasteiger partial charge is 0.510 e. The summed E-state index contributed by atoms with van der Waals surface area (Å²) in [6.45, 7) is 0.682. The lowest BCUT2D eigenvalue weighted by molar-refractivity contribution is -0.113. The molecule has 4 atom stereocenters. The highest BCUT2D eigenvalue weighted by atomic mass is 16.4. The highest BCUT2D eigenvalue weighted by molar-refractivity contribution is 5.01. The van der Waals surface area contributed by atoms with Gasteiger partial charge in [-0.25, -0.2) is 0 Å². The van der Waals surface area contributed by atoms with Gasteiger partial charge in [-0.1, -0.05) is 0 Å². The van der Waals surface area contributed by atoms with Gasteiger partial charge >= 0.3 is 0 Å². The topological polar surface area (TPSA) is 121 Å². The van der Waals surface area contributed by atoms with Crippen molar-refractivity contribution in [1.82, 2.24) is 0 Å². The van der Waals surface area contributed by atoms with Crippen LogP contribution in [0.25, 0.3) is 0 Å². The van der Waals surface area contributed by atoms with Crippen molar-refractivity contribution in [2.45, 2.75) is 31.3 Å². The van der Waals surface area contributed by atoms with Crippen LogP contribution in [0.15, 0.2) is 11.8 Å². The van der Waals surface area contributed by atoms with Crippen LogP contribution in [-0.4, -0.2) is 61.7 Å². The summed E-state index contributed by atoms with van der Waals surface area (Å²) < 4.78 is 0. The van der Waals surface area contributed by atoms with E-state index in [9.17, 15) is 10.2 Å². The van der Waals surface area contributed by atoms with Crippen LogP contribution in [0.2, 0.25) is 0 Å². The number of hydrogen-bond donors (Lipinski definition) is 6. The Bertz CT molecular complexity index is 192. The van der Waals surface area contributed by atoms with Crippen molar-refractivity contribution in [3.63, 3.8) is 0 Å². The number of aliphatic hydroxyl groups excluding tert-OH is 6. The van der Waals surface area contributed by atoms with E-state index in [-0.39, 0.29) is 0 Å². The van der Waals surface area contributed by atoms with Crippen LogP contribution in [0.4, 0.5) is 0 Å². The molecule has 6 N–H and O–H groups in total. The van der Waals surface area contributed by atoms with E-state index in [1.807, 2.05) is 0 Å². The minimum atomic E-state index is -1.76. The predicted octanol–water partition coefficient (Wildman–Crippen LogP) is -2.12. The molecule has 0 bridgehead atoms. The van der Waals surface area contributed by atoms with Crippen molar-refractivity contribution in [1.29, 1.82) is 0 Å². The van der Waals surface area contributed by atoms with Crippen LogP contribution in [-0.2, 0) is 0 Å². The molecular formula is C8H16O6. The minimum Gasteiger partial charge on any atom is -0.510 e. The Morgan fingerprint density at radius 3 is 2.00 bits per heavy atom. The van der Waals surface area contributed by atoms with Gasteiger partial charge in [-0.15, -0.1) is 0 Å². The van der Waals surface area contributed by atoms with Crippen LogP contribution < -0.4 is 0 Å². The van der Waals surface area contributed by atoms with Gasteiger partial charge in [-0.3, -0.25) is 0 Å². The number of allylic oxidation sites excluding steroid dienone is 1. The molecule has 0 aliphatic carbocycles. The normalized spacial score (nSPS) is 21.4. The number of aliphatic hydroxyl groups is 6. The van der Waals surface area contributed by atoms with E-state index in [0.29, 0.717) is 0 Å². The summed E-state index contributed by atoms with van der Waals surface area (Å²) in [5.41, 5.74) is 0. The lowest BCUT2D eigenvalue weighted by Gasteiger charge is -2.25. The minimum absolute atomic E-state index is 0.512. The second kappa shape index (κ2) is 5.94. The van der Waals surface area contributed by atoms with E-state index in [2.05, 4.69) is 0 Å². The third-order valence-electron chi connectivity index (χ3n) is 1.85. The van der Waals surface area contributed by atoms with Crippen LogP contribution in [0.3, 0.4) is 0 Å². The molecule has 0 radical (unpaired) electrons. The van der Waals surface area contributed by atoms with Crippen molar-refractivity contribution < 1.29 is 30.6 Å². The standard InChI is InChI=1S/C8H16O6/c1-2-4(10)6(12)8(14)7(13)5(11)3-9/h2,5-14H,3H2,1H3/t5-,6+,7-,8-/m1/s1. The van der Waals surface area contributed by atoms with Gasteiger partial charge in [0.1, 0.15) is 30.2 Å². The van der Waals surface area contributed by atoms with Gasteiger partial charge in [-0.2, -0.15) is 0 Å². The molecule has 0 amide bonds. The zero-order valence-electron chi connectivity index (χ0n) is 7.78. The van der Waals surface area contributed by atoms with E-state index < -0.39 is 36.8 Å². The van der Waals surface area contributed by atoms with E-state index >= 15 is 0 Å². The Labute approximate surface area is 81.4 Å². The maximum atomic E-state index is 9.22. The van der Waals surface area contributed by atoms with Gasteiger partial charge in [0.05, 0.1) is 6.61 Å². The average molecular weight is 208 g/mol. The summed E-state index contributed by atoms with van der Waals surface area (Å²) >= 11 is 0. The number of hydrogen-bond acceptors (Lipinski definition) is 6. The van der Waals surface area contributed by atoms with Crippen molar-refractivity contribution in [3.8, 4) is 0 Å². The van der Waals surface area contributed by atoms with Crippen LogP contribution in [0.5, 0.6) is 0 Å². The highest BCUT2D eigenvalue weighted by Gasteiger charge is 2.31. The monoisotopic (exact) mass is 208 g/mol. The lowest BCUT2D eigenvalue weighted by Crippen LogP contribution is -2.46. The second-order valence-corrected chi connectivity index (χ2v) is 2.89. The first-order chi connectivity index (χ1) is 6.45. The van der Waals surface area contributed by atoms with Gasteiger partial charge in [0.25, 0.3) is 0 Å². The van der Waals surface area contributed by atoms with Crippen LogP contribution in [0, 0.1) is 0 Å². The molecule has 6 nitrogen and oxygen atoms in total. The Hall–Kier alpha value is -0.660. The van der Waals surface area contributed by atoms with E-state index in [1.54, 1.807) is 0 Å². The molecule has 0 aromatic rings. The predicted molar refractivity (Wildman–Crippen MR) is 47.5 cm³/mol. The summed E-state index contributed by atoms with van der Waals surface area (Å²) in [5, 5.41) is 53.9. The molecule has 0 aromatic heterocycles. The SMILES string of the molecule is CC=C(O)[C@H](O)[C@@H](O)[C@H](O)[C@H](O)CO. The first-order valence-corrected chi connectivity index (χ1v) is 4.14. The molecule has 0 heterocycles. The molecule has 0 fully saturated rings. The Morgan fingerprint density at radius 2 is 1.64 bits per heavy atom. The van der Waals surface area contributed by atoms with Crippen LogP contribution >= 0.6 is 0 Å². The Kier molecular flexibility index (Phi) is 5.66. The maximum Gasteiger partial charge on any atom is 0.139 e. The van der Waals surface area contributed by atoms with E-state index in [0.717, 1.165) is 6.08 Å². The Balaban J connectivity index is 4.38. The van der Waals surface area contributed by atoms with E-state index in [4.69, 9.17) is 20.4 Å². The van der Waals surface area contributed by atoms with Crippen molar-refractivity contribution in [3.05, 3.63) is 11.8 Å². The van der Waals surface area contributed by atoms with Crippen molar-refractivity contribution in [2.24, 2.45) is 0 Å². The summed E-state index contributed by atoms with van der Waals surface area (Å²) in [6, 6.07) is 0. The summed E-state index contributed by atoms with van der Waals surface area (Å²) in [6.07, 6.45) is -5.59. The smallest absolute Gasteiger partial charge is 0.139 e. The van der Waals surface area contributed by atoms with Crippen molar-refractivity contribution >= 4 is 0 Å². The van der Waals surface area contributed by atoms with Gasteiger partial charge < -0.3 is 30.6 Å². The Morgan fingerprint density at radius 1 is 1.14 bits per heavy atom. The van der Waals surface area contributed by atoms with Gasteiger partial charge in [0.2, 0.25) is 0 Å². The molecule has 0 unspecified atom stereocenters. The highest BCUT2D eigenvalue weighted by Crippen LogP contribution is 2.10. The third kappa shape index (κ3) is 3.24. The second-order valence-electron chi connectivity index (χ2n) is 2.89. The number of rotatable bonds is 5. The maximum absolute atomic E-state index is 9.22. The molecular weight excluding hydrogens is 192 g/mol. The van der Waals surface area contributed by atoms with E-state index in [1.165, 1.54) is 6.92 Å². The molecule has 0 spiro atoms.